The molecular formula is C14H26N2OS. The van der Waals surface area contributed by atoms with Crippen molar-refractivity contribution in [2.45, 2.75) is 62.8 Å². The number of thioether (sulfide) groups is 1. The Bertz CT molecular complexity index is 294. The van der Waals surface area contributed by atoms with Crippen molar-refractivity contribution >= 4 is 11.8 Å². The minimum atomic E-state index is 0.215. The molecule has 0 amide bonds. The fourth-order valence-electron chi connectivity index (χ4n) is 3.92. The lowest BCUT2D eigenvalue weighted by Crippen LogP contribution is -2.55. The van der Waals surface area contributed by atoms with Gasteiger partial charge < -0.3 is 10.5 Å². The van der Waals surface area contributed by atoms with Crippen molar-refractivity contribution < 1.29 is 4.74 Å². The molecule has 0 radical (unpaired) electrons. The second-order valence-electron chi connectivity index (χ2n) is 6.35. The number of likely N-dealkylation sites (tertiary alicyclic amines) is 1. The van der Waals surface area contributed by atoms with E-state index < -0.39 is 0 Å². The molecular weight excluding hydrogens is 244 g/mol. The number of hydrogen-bond donors (Lipinski definition) is 1. The van der Waals surface area contributed by atoms with Crippen LogP contribution in [0.25, 0.3) is 0 Å². The number of nitrogens with zero attached hydrogens (tertiary/aromatic N) is 1. The molecule has 0 aliphatic carbocycles. The number of hydrogen-bond acceptors (Lipinski definition) is 4. The summed E-state index contributed by atoms with van der Waals surface area (Å²) in [6.07, 6.45) is 6.06. The van der Waals surface area contributed by atoms with E-state index in [4.69, 9.17) is 10.5 Å². The monoisotopic (exact) mass is 270 g/mol. The quantitative estimate of drug-likeness (QED) is 0.789. The molecule has 104 valence electrons. The Morgan fingerprint density at radius 1 is 1.39 bits per heavy atom. The smallest absolute Gasteiger partial charge is 0.0795 e. The van der Waals surface area contributed by atoms with Gasteiger partial charge in [-0.15, -0.1) is 0 Å². The second kappa shape index (κ2) is 5.31. The van der Waals surface area contributed by atoms with Crippen LogP contribution in [0.3, 0.4) is 0 Å². The van der Waals surface area contributed by atoms with Gasteiger partial charge in [0.05, 0.1) is 5.60 Å². The Balaban J connectivity index is 1.65. The predicted octanol–water partition coefficient (Wildman–Crippen LogP) is 1.85. The first kappa shape index (κ1) is 13.2. The van der Waals surface area contributed by atoms with Crippen molar-refractivity contribution in [1.29, 1.82) is 0 Å². The van der Waals surface area contributed by atoms with Gasteiger partial charge in [-0.3, -0.25) is 4.90 Å². The molecule has 0 aromatic rings. The Labute approximate surface area is 115 Å². The Morgan fingerprint density at radius 3 is 3.00 bits per heavy atom. The van der Waals surface area contributed by atoms with E-state index in [1.165, 1.54) is 50.2 Å². The van der Waals surface area contributed by atoms with Crippen molar-refractivity contribution in [3.63, 3.8) is 0 Å². The van der Waals surface area contributed by atoms with Gasteiger partial charge in [0.15, 0.2) is 0 Å². The molecule has 0 aromatic heterocycles. The van der Waals surface area contributed by atoms with E-state index in [1.54, 1.807) is 0 Å². The first-order valence-electron chi connectivity index (χ1n) is 7.42. The maximum absolute atomic E-state index is 6.13. The molecule has 4 heteroatoms. The summed E-state index contributed by atoms with van der Waals surface area (Å²) in [5.74, 6) is 2.50. The van der Waals surface area contributed by atoms with Crippen molar-refractivity contribution in [1.82, 2.24) is 4.90 Å². The average Bonchev–Trinajstić information content (AvgIpc) is 2.77. The van der Waals surface area contributed by atoms with Gasteiger partial charge in [-0.25, -0.2) is 0 Å². The lowest BCUT2D eigenvalue weighted by Gasteiger charge is -2.47. The van der Waals surface area contributed by atoms with Gasteiger partial charge in [-0.05, 0) is 44.8 Å². The molecule has 3 nitrogen and oxygen atoms in total. The van der Waals surface area contributed by atoms with Gasteiger partial charge in [0.2, 0.25) is 0 Å². The largest absolute Gasteiger partial charge is 0.374 e. The lowest BCUT2D eigenvalue weighted by atomic mass is 9.86. The molecule has 3 fully saturated rings. The van der Waals surface area contributed by atoms with Crippen LogP contribution in [-0.2, 0) is 4.74 Å². The molecule has 0 saturated carbocycles. The molecule has 3 saturated heterocycles. The fraction of sp³-hybridized carbons (Fsp3) is 1.00. The summed E-state index contributed by atoms with van der Waals surface area (Å²) < 4.78 is 6.13. The fourth-order valence-corrected chi connectivity index (χ4v) is 5.30. The molecule has 1 spiro atoms. The van der Waals surface area contributed by atoms with Crippen molar-refractivity contribution in [2.75, 3.05) is 24.7 Å². The summed E-state index contributed by atoms with van der Waals surface area (Å²) in [4.78, 5) is 2.72. The molecule has 3 aliphatic rings. The van der Waals surface area contributed by atoms with Crippen LogP contribution in [0.1, 0.15) is 39.0 Å². The highest BCUT2D eigenvalue weighted by Crippen LogP contribution is 2.40. The van der Waals surface area contributed by atoms with Gasteiger partial charge in [0.25, 0.3) is 0 Å². The van der Waals surface area contributed by atoms with Crippen LogP contribution in [-0.4, -0.2) is 53.3 Å². The topological polar surface area (TPSA) is 38.5 Å². The molecule has 4 unspecified atom stereocenters. The van der Waals surface area contributed by atoms with Crippen molar-refractivity contribution in [2.24, 2.45) is 5.73 Å². The highest BCUT2D eigenvalue weighted by atomic mass is 32.2. The molecule has 3 heterocycles. The predicted molar refractivity (Wildman–Crippen MR) is 77.0 cm³/mol. The lowest BCUT2D eigenvalue weighted by molar-refractivity contribution is -0.0980. The van der Waals surface area contributed by atoms with Crippen LogP contribution >= 0.6 is 11.8 Å². The first-order chi connectivity index (χ1) is 8.69. The Morgan fingerprint density at radius 2 is 2.28 bits per heavy atom. The van der Waals surface area contributed by atoms with E-state index >= 15 is 0 Å². The maximum Gasteiger partial charge on any atom is 0.0795 e. The molecule has 4 atom stereocenters. The van der Waals surface area contributed by atoms with E-state index in [0.717, 1.165) is 12.6 Å². The summed E-state index contributed by atoms with van der Waals surface area (Å²) in [6.45, 7) is 4.50. The highest BCUT2D eigenvalue weighted by Gasteiger charge is 2.43. The average molecular weight is 270 g/mol. The maximum atomic E-state index is 6.13. The van der Waals surface area contributed by atoms with Crippen LogP contribution in [0.15, 0.2) is 0 Å². The van der Waals surface area contributed by atoms with Gasteiger partial charge in [0, 0.05) is 37.0 Å². The SMILES string of the molecule is CC1CC(N)CCN1C1CCOC2(CCSC2)C1. The standard InChI is InChI=1S/C14H26N2OS/c1-11-8-12(15)2-5-16(11)13-3-6-17-14(9-13)4-7-18-10-14/h11-13H,2-10,15H2,1H3. The number of nitrogens with two attached hydrogens (primary N) is 1. The van der Waals surface area contributed by atoms with Crippen LogP contribution < -0.4 is 5.73 Å². The summed E-state index contributed by atoms with van der Waals surface area (Å²) in [5, 5.41) is 0. The minimum absolute atomic E-state index is 0.215. The summed E-state index contributed by atoms with van der Waals surface area (Å²) in [7, 11) is 0. The molecule has 18 heavy (non-hydrogen) atoms. The zero-order valence-electron chi connectivity index (χ0n) is 11.4. The van der Waals surface area contributed by atoms with Crippen molar-refractivity contribution in [3.8, 4) is 0 Å². The molecule has 2 N–H and O–H groups in total. The van der Waals surface area contributed by atoms with E-state index in [-0.39, 0.29) is 5.60 Å². The third-order valence-electron chi connectivity index (χ3n) is 4.97. The first-order valence-corrected chi connectivity index (χ1v) is 8.57. The van der Waals surface area contributed by atoms with Crippen LogP contribution in [0, 0.1) is 0 Å². The molecule has 3 rings (SSSR count). The zero-order chi connectivity index (χ0) is 12.6. The summed E-state index contributed by atoms with van der Waals surface area (Å²) in [6, 6.07) is 1.81. The van der Waals surface area contributed by atoms with Crippen LogP contribution in [0.2, 0.25) is 0 Å². The molecule has 0 aromatic carbocycles. The third-order valence-corrected chi connectivity index (χ3v) is 6.19. The highest BCUT2D eigenvalue weighted by molar-refractivity contribution is 7.99. The zero-order valence-corrected chi connectivity index (χ0v) is 12.3. The molecule has 0 bridgehead atoms. The Hall–Kier alpha value is 0.230. The van der Waals surface area contributed by atoms with Gasteiger partial charge in [-0.1, -0.05) is 0 Å². The van der Waals surface area contributed by atoms with E-state index in [2.05, 4.69) is 23.6 Å². The van der Waals surface area contributed by atoms with Gasteiger partial charge in [0.1, 0.15) is 0 Å². The van der Waals surface area contributed by atoms with E-state index in [9.17, 15) is 0 Å². The number of ether oxygens (including phenoxy) is 1. The minimum Gasteiger partial charge on any atom is -0.374 e. The second-order valence-corrected chi connectivity index (χ2v) is 7.46. The third kappa shape index (κ3) is 2.58. The van der Waals surface area contributed by atoms with E-state index in [0.29, 0.717) is 12.1 Å². The van der Waals surface area contributed by atoms with Crippen LogP contribution in [0.5, 0.6) is 0 Å². The van der Waals surface area contributed by atoms with Crippen molar-refractivity contribution in [3.05, 3.63) is 0 Å². The van der Waals surface area contributed by atoms with Gasteiger partial charge >= 0.3 is 0 Å². The number of rotatable bonds is 1. The summed E-state index contributed by atoms with van der Waals surface area (Å²) >= 11 is 2.07. The Kier molecular flexibility index (Phi) is 3.90. The van der Waals surface area contributed by atoms with Gasteiger partial charge in [-0.2, -0.15) is 11.8 Å². The number of piperidine rings is 1. The summed E-state index contributed by atoms with van der Waals surface area (Å²) in [5.41, 5.74) is 6.29. The normalized spacial score (nSPS) is 46.7. The van der Waals surface area contributed by atoms with E-state index in [1.807, 2.05) is 0 Å². The molecule has 3 aliphatic heterocycles. The van der Waals surface area contributed by atoms with Crippen LogP contribution in [0.4, 0.5) is 0 Å².